The van der Waals surface area contributed by atoms with Gasteiger partial charge in [0.1, 0.15) is 11.9 Å². The highest BCUT2D eigenvalue weighted by Gasteiger charge is 2.08. The lowest BCUT2D eigenvalue weighted by Crippen LogP contribution is -2.06. The Labute approximate surface area is 84.8 Å². The topological polar surface area (TPSA) is 56.6 Å². The summed E-state index contributed by atoms with van der Waals surface area (Å²) >= 11 is 0. The van der Waals surface area contributed by atoms with E-state index in [2.05, 4.69) is 4.98 Å². The standard InChI is InChI=1S/C11H7FN2O/c1-6-8(12)2-3-9-11(6)7(5-13)4-10(15)14-9/h2-4H,1H3,(H,14,15). The van der Waals surface area contributed by atoms with E-state index in [1.54, 1.807) is 6.92 Å². The van der Waals surface area contributed by atoms with Crippen molar-refractivity contribution < 1.29 is 4.39 Å². The molecule has 0 atom stereocenters. The SMILES string of the molecule is Cc1c(F)ccc2[nH]c(=O)cc(C#N)c12. The first-order chi connectivity index (χ1) is 7.13. The zero-order chi connectivity index (χ0) is 11.0. The zero-order valence-electron chi connectivity index (χ0n) is 7.97. The third-order valence-electron chi connectivity index (χ3n) is 2.32. The average molecular weight is 202 g/mol. The summed E-state index contributed by atoms with van der Waals surface area (Å²) in [5.74, 6) is -0.383. The number of rotatable bonds is 0. The van der Waals surface area contributed by atoms with Crippen molar-refractivity contribution in [3.05, 3.63) is 45.5 Å². The van der Waals surface area contributed by atoms with Gasteiger partial charge in [0.05, 0.1) is 11.1 Å². The van der Waals surface area contributed by atoms with Crippen LogP contribution in [0, 0.1) is 24.1 Å². The van der Waals surface area contributed by atoms with Gasteiger partial charge in [0.15, 0.2) is 0 Å². The molecule has 3 nitrogen and oxygen atoms in total. The Morgan fingerprint density at radius 3 is 2.87 bits per heavy atom. The second-order valence-corrected chi connectivity index (χ2v) is 3.25. The number of pyridine rings is 1. The van der Waals surface area contributed by atoms with Crippen molar-refractivity contribution in [1.29, 1.82) is 5.26 Å². The van der Waals surface area contributed by atoms with Gasteiger partial charge in [-0.2, -0.15) is 5.26 Å². The molecule has 0 aliphatic rings. The summed E-state index contributed by atoms with van der Waals surface area (Å²) in [6, 6.07) is 5.80. The van der Waals surface area contributed by atoms with Crippen LogP contribution in [0.5, 0.6) is 0 Å². The summed E-state index contributed by atoms with van der Waals surface area (Å²) in [5.41, 5.74) is 0.703. The van der Waals surface area contributed by atoms with E-state index in [-0.39, 0.29) is 16.9 Å². The smallest absolute Gasteiger partial charge is 0.249 e. The maximum atomic E-state index is 13.3. The summed E-state index contributed by atoms with van der Waals surface area (Å²) in [7, 11) is 0. The minimum absolute atomic E-state index is 0.200. The van der Waals surface area contributed by atoms with Gasteiger partial charge in [0, 0.05) is 11.5 Å². The van der Waals surface area contributed by atoms with Gasteiger partial charge < -0.3 is 4.98 Å². The molecule has 0 amide bonds. The second-order valence-electron chi connectivity index (χ2n) is 3.25. The number of H-pyrrole nitrogens is 1. The summed E-state index contributed by atoms with van der Waals surface area (Å²) in [6.45, 7) is 1.58. The zero-order valence-corrected chi connectivity index (χ0v) is 7.97. The van der Waals surface area contributed by atoms with Crippen molar-refractivity contribution in [2.24, 2.45) is 0 Å². The highest BCUT2D eigenvalue weighted by molar-refractivity contribution is 5.87. The van der Waals surface area contributed by atoms with E-state index in [1.807, 2.05) is 6.07 Å². The lowest BCUT2D eigenvalue weighted by atomic mass is 10.0. The maximum absolute atomic E-state index is 13.3. The van der Waals surface area contributed by atoms with E-state index in [0.29, 0.717) is 16.5 Å². The number of nitriles is 1. The molecule has 1 N–H and O–H groups in total. The first-order valence-electron chi connectivity index (χ1n) is 4.35. The minimum atomic E-state index is -0.383. The minimum Gasteiger partial charge on any atom is -0.322 e. The quantitative estimate of drug-likeness (QED) is 0.708. The van der Waals surface area contributed by atoms with Crippen molar-refractivity contribution in [2.75, 3.05) is 0 Å². The highest BCUT2D eigenvalue weighted by atomic mass is 19.1. The molecule has 0 radical (unpaired) electrons. The molecule has 2 aromatic rings. The first-order valence-corrected chi connectivity index (χ1v) is 4.35. The number of hydrogen-bond donors (Lipinski definition) is 1. The number of hydrogen-bond acceptors (Lipinski definition) is 2. The summed E-state index contributed by atoms with van der Waals surface area (Å²) < 4.78 is 13.3. The molecule has 0 aliphatic carbocycles. The van der Waals surface area contributed by atoms with E-state index in [4.69, 9.17) is 5.26 Å². The van der Waals surface area contributed by atoms with Crippen molar-refractivity contribution in [1.82, 2.24) is 4.98 Å². The van der Waals surface area contributed by atoms with Crippen molar-refractivity contribution >= 4 is 10.9 Å². The summed E-state index contributed by atoms with van der Waals surface area (Å²) in [6.07, 6.45) is 0. The average Bonchev–Trinajstić information content (AvgIpc) is 2.22. The fraction of sp³-hybridized carbons (Fsp3) is 0.0909. The van der Waals surface area contributed by atoms with Crippen LogP contribution in [0.15, 0.2) is 23.0 Å². The van der Waals surface area contributed by atoms with Crippen LogP contribution in [0.1, 0.15) is 11.1 Å². The summed E-state index contributed by atoms with van der Waals surface area (Å²) in [5, 5.41) is 9.32. The fourth-order valence-electron chi connectivity index (χ4n) is 1.60. The van der Waals surface area contributed by atoms with Gasteiger partial charge in [-0.05, 0) is 24.6 Å². The van der Waals surface area contributed by atoms with Gasteiger partial charge in [-0.25, -0.2) is 4.39 Å². The molecule has 1 heterocycles. The van der Waals surface area contributed by atoms with Crippen molar-refractivity contribution in [3.8, 4) is 6.07 Å². The molecule has 0 saturated carbocycles. The molecular weight excluding hydrogens is 195 g/mol. The Kier molecular flexibility index (Phi) is 2.01. The number of benzene rings is 1. The van der Waals surface area contributed by atoms with Crippen LogP contribution < -0.4 is 5.56 Å². The normalized spacial score (nSPS) is 10.2. The van der Waals surface area contributed by atoms with Crippen molar-refractivity contribution in [3.63, 3.8) is 0 Å². The maximum Gasteiger partial charge on any atom is 0.249 e. The van der Waals surface area contributed by atoms with Crippen LogP contribution in [0.2, 0.25) is 0 Å². The molecular formula is C11H7FN2O. The number of halogens is 1. The Balaban J connectivity index is 3.06. The first kappa shape index (κ1) is 9.41. The fourth-order valence-corrected chi connectivity index (χ4v) is 1.60. The van der Waals surface area contributed by atoms with Crippen LogP contribution in [-0.2, 0) is 0 Å². The predicted octanol–water partition coefficient (Wildman–Crippen LogP) is 1.85. The van der Waals surface area contributed by atoms with E-state index < -0.39 is 0 Å². The largest absolute Gasteiger partial charge is 0.322 e. The van der Waals surface area contributed by atoms with Crippen molar-refractivity contribution in [2.45, 2.75) is 6.92 Å². The lowest BCUT2D eigenvalue weighted by Gasteiger charge is -2.04. The number of aromatic amines is 1. The number of nitrogens with zero attached hydrogens (tertiary/aromatic N) is 1. The molecule has 0 spiro atoms. The molecule has 0 unspecified atom stereocenters. The number of aryl methyl sites for hydroxylation is 1. The Morgan fingerprint density at radius 2 is 2.20 bits per heavy atom. The van der Waals surface area contributed by atoms with Gasteiger partial charge in [0.2, 0.25) is 5.56 Å². The van der Waals surface area contributed by atoms with Gasteiger partial charge >= 0.3 is 0 Å². The lowest BCUT2D eigenvalue weighted by molar-refractivity contribution is 0.621. The van der Waals surface area contributed by atoms with E-state index in [0.717, 1.165) is 0 Å². The molecule has 1 aromatic heterocycles. The Bertz CT molecular complexity index is 637. The van der Waals surface area contributed by atoms with Crippen LogP contribution in [-0.4, -0.2) is 4.98 Å². The molecule has 15 heavy (non-hydrogen) atoms. The second kappa shape index (κ2) is 3.21. The molecule has 0 bridgehead atoms. The number of nitrogens with one attached hydrogen (secondary N) is 1. The molecule has 0 aliphatic heterocycles. The molecule has 4 heteroatoms. The predicted molar refractivity (Wildman–Crippen MR) is 54.0 cm³/mol. The molecule has 74 valence electrons. The molecule has 0 fully saturated rings. The van der Waals surface area contributed by atoms with Gasteiger partial charge in [-0.3, -0.25) is 4.79 Å². The van der Waals surface area contributed by atoms with E-state index >= 15 is 0 Å². The molecule has 0 saturated heterocycles. The van der Waals surface area contributed by atoms with Crippen LogP contribution in [0.25, 0.3) is 10.9 Å². The summed E-state index contributed by atoms with van der Waals surface area (Å²) in [4.78, 5) is 13.7. The van der Waals surface area contributed by atoms with E-state index in [1.165, 1.54) is 18.2 Å². The monoisotopic (exact) mass is 202 g/mol. The van der Waals surface area contributed by atoms with Gasteiger partial charge in [0.25, 0.3) is 0 Å². The highest BCUT2D eigenvalue weighted by Crippen LogP contribution is 2.21. The van der Waals surface area contributed by atoms with Crippen LogP contribution in [0.4, 0.5) is 4.39 Å². The number of fused-ring (bicyclic) bond motifs is 1. The third-order valence-corrected chi connectivity index (χ3v) is 2.32. The Morgan fingerprint density at radius 1 is 1.47 bits per heavy atom. The Hall–Kier alpha value is -2.15. The van der Waals surface area contributed by atoms with E-state index in [9.17, 15) is 9.18 Å². The van der Waals surface area contributed by atoms with Gasteiger partial charge in [-0.1, -0.05) is 0 Å². The van der Waals surface area contributed by atoms with Crippen LogP contribution in [0.3, 0.4) is 0 Å². The third kappa shape index (κ3) is 1.38. The molecule has 1 aromatic carbocycles. The van der Waals surface area contributed by atoms with Crippen LogP contribution >= 0.6 is 0 Å². The molecule has 2 rings (SSSR count). The number of aromatic nitrogens is 1. The van der Waals surface area contributed by atoms with Gasteiger partial charge in [-0.15, -0.1) is 0 Å².